The molecule has 3 N–H and O–H groups in total. The minimum atomic E-state index is -0.142. The van der Waals surface area contributed by atoms with E-state index in [1.54, 1.807) is 6.07 Å². The van der Waals surface area contributed by atoms with Crippen LogP contribution in [0.2, 0.25) is 5.02 Å². The highest BCUT2D eigenvalue weighted by Gasteiger charge is 2.16. The smallest absolute Gasteiger partial charge is 0.228 e. The van der Waals surface area contributed by atoms with E-state index in [2.05, 4.69) is 5.32 Å². The summed E-state index contributed by atoms with van der Waals surface area (Å²) in [6.45, 7) is 4.36. The van der Waals surface area contributed by atoms with Crippen LogP contribution in [0.25, 0.3) is 0 Å². The van der Waals surface area contributed by atoms with E-state index < -0.39 is 0 Å². The molecule has 0 fully saturated rings. The SMILES string of the molecule is CCCC(CN)C(=O)Nc1cc(C)ccc1Cl. The predicted octanol–water partition coefficient (Wildman–Crippen LogP) is 2.96. The van der Waals surface area contributed by atoms with Crippen molar-refractivity contribution in [1.82, 2.24) is 0 Å². The van der Waals surface area contributed by atoms with Crippen LogP contribution in [0.3, 0.4) is 0 Å². The first-order valence-corrected chi connectivity index (χ1v) is 6.23. The molecule has 0 aliphatic heterocycles. The zero-order valence-electron chi connectivity index (χ0n) is 10.3. The maximum atomic E-state index is 11.9. The van der Waals surface area contributed by atoms with Gasteiger partial charge in [-0.25, -0.2) is 0 Å². The third-order valence-electron chi connectivity index (χ3n) is 2.67. The molecular weight excluding hydrogens is 236 g/mol. The zero-order chi connectivity index (χ0) is 12.8. The van der Waals surface area contributed by atoms with Gasteiger partial charge in [0.2, 0.25) is 5.91 Å². The second-order valence-electron chi connectivity index (χ2n) is 4.19. The Balaban J connectivity index is 2.76. The summed E-state index contributed by atoms with van der Waals surface area (Å²) in [5.41, 5.74) is 7.31. The molecule has 1 aromatic carbocycles. The highest BCUT2D eigenvalue weighted by atomic mass is 35.5. The molecule has 4 heteroatoms. The maximum absolute atomic E-state index is 11.9. The summed E-state index contributed by atoms with van der Waals surface area (Å²) in [5.74, 6) is -0.196. The largest absolute Gasteiger partial charge is 0.330 e. The second-order valence-corrected chi connectivity index (χ2v) is 4.60. The quantitative estimate of drug-likeness (QED) is 0.849. The van der Waals surface area contributed by atoms with Gasteiger partial charge in [0.05, 0.1) is 16.6 Å². The van der Waals surface area contributed by atoms with Crippen LogP contribution < -0.4 is 11.1 Å². The van der Waals surface area contributed by atoms with Crippen molar-refractivity contribution in [2.24, 2.45) is 11.7 Å². The topological polar surface area (TPSA) is 55.1 Å². The summed E-state index contributed by atoms with van der Waals surface area (Å²) >= 11 is 6.02. The summed E-state index contributed by atoms with van der Waals surface area (Å²) in [6.07, 6.45) is 1.74. The number of anilines is 1. The van der Waals surface area contributed by atoms with Gasteiger partial charge in [0.25, 0.3) is 0 Å². The number of benzene rings is 1. The van der Waals surface area contributed by atoms with Gasteiger partial charge in [0, 0.05) is 6.54 Å². The van der Waals surface area contributed by atoms with Gasteiger partial charge in [-0.1, -0.05) is 31.0 Å². The van der Waals surface area contributed by atoms with Crippen LogP contribution in [0.4, 0.5) is 5.69 Å². The van der Waals surface area contributed by atoms with Crippen LogP contribution in [-0.2, 0) is 4.79 Å². The molecule has 0 saturated carbocycles. The van der Waals surface area contributed by atoms with Crippen molar-refractivity contribution in [2.45, 2.75) is 26.7 Å². The van der Waals surface area contributed by atoms with Crippen LogP contribution in [-0.4, -0.2) is 12.5 Å². The summed E-state index contributed by atoms with van der Waals surface area (Å²) < 4.78 is 0. The highest BCUT2D eigenvalue weighted by molar-refractivity contribution is 6.33. The van der Waals surface area contributed by atoms with Gasteiger partial charge < -0.3 is 11.1 Å². The standard InChI is InChI=1S/C13H19ClN2O/c1-3-4-10(8-15)13(17)16-12-7-9(2)5-6-11(12)14/h5-7,10H,3-4,8,15H2,1-2H3,(H,16,17). The average Bonchev–Trinajstić information content (AvgIpc) is 2.30. The van der Waals surface area contributed by atoms with E-state index in [9.17, 15) is 4.79 Å². The molecule has 0 saturated heterocycles. The van der Waals surface area contributed by atoms with Crippen molar-refractivity contribution in [2.75, 3.05) is 11.9 Å². The Morgan fingerprint density at radius 2 is 2.24 bits per heavy atom. The monoisotopic (exact) mass is 254 g/mol. The number of nitrogens with two attached hydrogens (primary N) is 1. The molecule has 0 spiro atoms. The van der Waals surface area contributed by atoms with Crippen molar-refractivity contribution in [3.05, 3.63) is 28.8 Å². The molecule has 1 aromatic rings. The van der Waals surface area contributed by atoms with Crippen molar-refractivity contribution < 1.29 is 4.79 Å². The molecule has 0 bridgehead atoms. The molecular formula is C13H19ClN2O. The van der Waals surface area contributed by atoms with Crippen molar-refractivity contribution in [1.29, 1.82) is 0 Å². The molecule has 1 atom stereocenters. The molecule has 3 nitrogen and oxygen atoms in total. The molecule has 0 aliphatic rings. The number of aryl methyl sites for hydroxylation is 1. The maximum Gasteiger partial charge on any atom is 0.228 e. The summed E-state index contributed by atoms with van der Waals surface area (Å²) in [4.78, 5) is 11.9. The first-order chi connectivity index (χ1) is 8.08. The minimum absolute atomic E-state index is 0.0538. The lowest BCUT2D eigenvalue weighted by molar-refractivity contribution is -0.119. The van der Waals surface area contributed by atoms with Crippen LogP contribution in [0.5, 0.6) is 0 Å². The Labute approximate surface area is 107 Å². The van der Waals surface area contributed by atoms with E-state index in [4.69, 9.17) is 17.3 Å². The molecule has 17 heavy (non-hydrogen) atoms. The van der Waals surface area contributed by atoms with Crippen molar-refractivity contribution in [3.8, 4) is 0 Å². The number of hydrogen-bond acceptors (Lipinski definition) is 2. The fourth-order valence-electron chi connectivity index (χ4n) is 1.67. The first-order valence-electron chi connectivity index (χ1n) is 5.85. The van der Waals surface area contributed by atoms with E-state index in [0.29, 0.717) is 17.3 Å². The van der Waals surface area contributed by atoms with E-state index >= 15 is 0 Å². The number of hydrogen-bond donors (Lipinski definition) is 2. The number of halogens is 1. The Bertz CT molecular complexity index is 393. The van der Waals surface area contributed by atoms with Gasteiger partial charge in [-0.2, -0.15) is 0 Å². The van der Waals surface area contributed by atoms with E-state index in [0.717, 1.165) is 18.4 Å². The van der Waals surface area contributed by atoms with Gasteiger partial charge >= 0.3 is 0 Å². The fourth-order valence-corrected chi connectivity index (χ4v) is 1.84. The normalized spacial score (nSPS) is 12.2. The van der Waals surface area contributed by atoms with Crippen LogP contribution >= 0.6 is 11.6 Å². The number of carbonyl (C=O) groups excluding carboxylic acids is 1. The Kier molecular flexibility index (Phi) is 5.45. The Morgan fingerprint density at radius 1 is 1.53 bits per heavy atom. The molecule has 0 aromatic heterocycles. The van der Waals surface area contributed by atoms with Gasteiger partial charge in [0.15, 0.2) is 0 Å². The van der Waals surface area contributed by atoms with Gasteiger partial charge in [-0.05, 0) is 31.0 Å². The Hall–Kier alpha value is -1.06. The molecule has 0 radical (unpaired) electrons. The van der Waals surface area contributed by atoms with Gasteiger partial charge in [-0.3, -0.25) is 4.79 Å². The third kappa shape index (κ3) is 4.02. The molecule has 0 heterocycles. The van der Waals surface area contributed by atoms with Crippen LogP contribution in [0.15, 0.2) is 18.2 Å². The van der Waals surface area contributed by atoms with Crippen LogP contribution in [0.1, 0.15) is 25.3 Å². The van der Waals surface area contributed by atoms with Crippen molar-refractivity contribution >= 4 is 23.2 Å². The van der Waals surface area contributed by atoms with E-state index in [1.807, 2.05) is 26.0 Å². The van der Waals surface area contributed by atoms with Gasteiger partial charge in [-0.15, -0.1) is 0 Å². The molecule has 94 valence electrons. The zero-order valence-corrected chi connectivity index (χ0v) is 11.1. The lowest BCUT2D eigenvalue weighted by Crippen LogP contribution is -2.29. The minimum Gasteiger partial charge on any atom is -0.330 e. The summed E-state index contributed by atoms with van der Waals surface area (Å²) in [5, 5.41) is 3.39. The van der Waals surface area contributed by atoms with Crippen molar-refractivity contribution in [3.63, 3.8) is 0 Å². The number of nitrogens with one attached hydrogen (secondary N) is 1. The summed E-state index contributed by atoms with van der Waals surface area (Å²) in [7, 11) is 0. The third-order valence-corrected chi connectivity index (χ3v) is 3.00. The predicted molar refractivity (Wildman–Crippen MR) is 72.3 cm³/mol. The molecule has 1 unspecified atom stereocenters. The number of amides is 1. The fraction of sp³-hybridized carbons (Fsp3) is 0.462. The van der Waals surface area contributed by atoms with Gasteiger partial charge in [0.1, 0.15) is 0 Å². The highest BCUT2D eigenvalue weighted by Crippen LogP contribution is 2.23. The number of rotatable bonds is 5. The molecule has 1 rings (SSSR count). The lowest BCUT2D eigenvalue weighted by Gasteiger charge is -2.15. The van der Waals surface area contributed by atoms with E-state index in [1.165, 1.54) is 0 Å². The van der Waals surface area contributed by atoms with Crippen LogP contribution in [0, 0.1) is 12.8 Å². The van der Waals surface area contributed by atoms with E-state index in [-0.39, 0.29) is 11.8 Å². The summed E-state index contributed by atoms with van der Waals surface area (Å²) in [6, 6.07) is 5.55. The second kappa shape index (κ2) is 6.62. The molecule has 0 aliphatic carbocycles. The Morgan fingerprint density at radius 3 is 2.82 bits per heavy atom. The molecule has 1 amide bonds. The lowest BCUT2D eigenvalue weighted by atomic mass is 10.0. The first kappa shape index (κ1) is 14.0. The average molecular weight is 255 g/mol. The number of carbonyl (C=O) groups is 1.